The molecule has 1 fully saturated rings. The molecule has 1 aliphatic heterocycles. The fraction of sp³-hybridized carbons (Fsp3) is 0.333. The first-order valence-corrected chi connectivity index (χ1v) is 14.7. The Morgan fingerprint density at radius 1 is 0.275 bits per heavy atom. The van der Waals surface area contributed by atoms with Gasteiger partial charge in [-0.2, -0.15) is 0 Å². The van der Waals surface area contributed by atoms with Crippen molar-refractivity contribution < 1.29 is 0 Å². The number of aryl methyl sites for hydroxylation is 4. The summed E-state index contributed by atoms with van der Waals surface area (Å²) >= 11 is 0. The zero-order valence-electron chi connectivity index (χ0n) is 24.7. The normalized spacial score (nSPS) is 15.5. The molecule has 4 aromatic rings. The van der Waals surface area contributed by atoms with E-state index in [1.54, 1.807) is 0 Å². The monoisotopic (exact) mass is 532 g/mol. The van der Waals surface area contributed by atoms with E-state index in [9.17, 15) is 0 Å². The van der Waals surface area contributed by atoms with Gasteiger partial charge < -0.3 is 19.6 Å². The molecule has 1 aliphatic rings. The van der Waals surface area contributed by atoms with E-state index in [-0.39, 0.29) is 0 Å². The van der Waals surface area contributed by atoms with Gasteiger partial charge in [-0.25, -0.2) is 0 Å². The summed E-state index contributed by atoms with van der Waals surface area (Å²) in [4.78, 5) is 10.3. The maximum absolute atomic E-state index is 2.57. The van der Waals surface area contributed by atoms with Gasteiger partial charge in [0.05, 0.1) is 0 Å². The molecule has 0 aromatic heterocycles. The molecule has 4 aromatic carbocycles. The van der Waals surface area contributed by atoms with Crippen LogP contribution in [-0.4, -0.2) is 52.4 Å². The summed E-state index contributed by atoms with van der Waals surface area (Å²) < 4.78 is 0. The van der Waals surface area contributed by atoms with Gasteiger partial charge in [0.15, 0.2) is 0 Å². The Morgan fingerprint density at radius 2 is 0.425 bits per heavy atom. The molecule has 0 radical (unpaired) electrons. The highest BCUT2D eigenvalue weighted by molar-refractivity contribution is 5.54. The molecule has 0 saturated carbocycles. The fourth-order valence-electron chi connectivity index (χ4n) is 5.47. The number of nitrogens with zero attached hydrogens (tertiary/aromatic N) is 4. The average molecular weight is 533 g/mol. The second-order valence-electron chi connectivity index (χ2n) is 11.3. The van der Waals surface area contributed by atoms with E-state index in [0.29, 0.717) is 0 Å². The Kier molecular flexibility index (Phi) is 8.95. The van der Waals surface area contributed by atoms with Crippen molar-refractivity contribution in [2.75, 3.05) is 72.0 Å². The zero-order chi connectivity index (χ0) is 27.9. The maximum atomic E-state index is 2.57. The van der Waals surface area contributed by atoms with Crippen LogP contribution in [0.25, 0.3) is 0 Å². The summed E-state index contributed by atoms with van der Waals surface area (Å²) in [5.41, 5.74) is 10.4. The molecule has 1 heterocycles. The number of anilines is 4. The third kappa shape index (κ3) is 7.18. The molecule has 0 amide bonds. The standard InChI is InChI=1S/C36H44N4/c1-29-5-13-33(14-6-29)37-21-23-38(34-15-7-30(2)8-16-34)25-27-40(36-19-11-32(4)12-20-36)28-26-39(24-22-37)35-17-9-31(3)10-18-35/h5-20H,21-28H2,1-4H3. The van der Waals surface area contributed by atoms with Gasteiger partial charge in [0.1, 0.15) is 0 Å². The van der Waals surface area contributed by atoms with E-state index in [0.717, 1.165) is 52.4 Å². The lowest BCUT2D eigenvalue weighted by molar-refractivity contribution is 0.653. The predicted octanol–water partition coefficient (Wildman–Crippen LogP) is 7.26. The van der Waals surface area contributed by atoms with Crippen LogP contribution in [0.5, 0.6) is 0 Å². The first-order chi connectivity index (χ1) is 19.4. The summed E-state index contributed by atoms with van der Waals surface area (Å²) in [7, 11) is 0. The molecule has 208 valence electrons. The molecule has 0 atom stereocenters. The highest BCUT2D eigenvalue weighted by Crippen LogP contribution is 2.22. The molecule has 0 bridgehead atoms. The number of hydrogen-bond acceptors (Lipinski definition) is 4. The smallest absolute Gasteiger partial charge is 0.0367 e. The minimum atomic E-state index is 0.975. The lowest BCUT2D eigenvalue weighted by Crippen LogP contribution is -2.46. The lowest BCUT2D eigenvalue weighted by atomic mass is 10.1. The van der Waals surface area contributed by atoms with Gasteiger partial charge in [-0.3, -0.25) is 0 Å². The Balaban J connectivity index is 1.46. The minimum absolute atomic E-state index is 0.975. The maximum Gasteiger partial charge on any atom is 0.0367 e. The minimum Gasteiger partial charge on any atom is -0.368 e. The van der Waals surface area contributed by atoms with Crippen LogP contribution in [0.4, 0.5) is 22.7 Å². The number of hydrogen-bond donors (Lipinski definition) is 0. The SMILES string of the molecule is Cc1ccc(N2CCN(c3ccc(C)cc3)CCN(c3ccc(C)cc3)CCN(c3ccc(C)cc3)CC2)cc1. The van der Waals surface area contributed by atoms with Crippen molar-refractivity contribution in [1.29, 1.82) is 0 Å². The highest BCUT2D eigenvalue weighted by atomic mass is 15.3. The van der Waals surface area contributed by atoms with Crippen LogP contribution in [0.2, 0.25) is 0 Å². The Labute approximate surface area is 241 Å². The zero-order valence-corrected chi connectivity index (χ0v) is 24.7. The van der Waals surface area contributed by atoms with Crippen LogP contribution in [0.15, 0.2) is 97.1 Å². The van der Waals surface area contributed by atoms with E-state index in [4.69, 9.17) is 0 Å². The van der Waals surface area contributed by atoms with Crippen LogP contribution < -0.4 is 19.6 Å². The largest absolute Gasteiger partial charge is 0.368 e. The Bertz CT molecular complexity index is 1100. The quantitative estimate of drug-likeness (QED) is 0.274. The van der Waals surface area contributed by atoms with Gasteiger partial charge in [-0.1, -0.05) is 70.8 Å². The first kappa shape index (κ1) is 27.6. The van der Waals surface area contributed by atoms with Crippen molar-refractivity contribution >= 4 is 22.7 Å². The van der Waals surface area contributed by atoms with Crippen molar-refractivity contribution in [2.45, 2.75) is 27.7 Å². The Hall–Kier alpha value is -3.92. The molecular formula is C36H44N4. The molecule has 4 nitrogen and oxygen atoms in total. The van der Waals surface area contributed by atoms with Crippen molar-refractivity contribution in [3.05, 3.63) is 119 Å². The van der Waals surface area contributed by atoms with Gasteiger partial charge >= 0.3 is 0 Å². The van der Waals surface area contributed by atoms with Crippen LogP contribution in [0.1, 0.15) is 22.3 Å². The van der Waals surface area contributed by atoms with E-state index in [1.807, 2.05) is 0 Å². The van der Waals surface area contributed by atoms with Crippen molar-refractivity contribution in [3.63, 3.8) is 0 Å². The average Bonchev–Trinajstić information content (AvgIpc) is 2.96. The molecular weight excluding hydrogens is 488 g/mol. The first-order valence-electron chi connectivity index (χ1n) is 14.7. The molecule has 0 spiro atoms. The third-order valence-electron chi connectivity index (χ3n) is 8.16. The highest BCUT2D eigenvalue weighted by Gasteiger charge is 2.18. The second-order valence-corrected chi connectivity index (χ2v) is 11.3. The molecule has 4 heteroatoms. The van der Waals surface area contributed by atoms with E-state index < -0.39 is 0 Å². The molecule has 0 unspecified atom stereocenters. The van der Waals surface area contributed by atoms with Crippen LogP contribution >= 0.6 is 0 Å². The summed E-state index contributed by atoms with van der Waals surface area (Å²) in [5, 5.41) is 0. The fourth-order valence-corrected chi connectivity index (χ4v) is 5.47. The van der Waals surface area contributed by atoms with Gasteiger partial charge in [-0.05, 0) is 76.2 Å². The van der Waals surface area contributed by atoms with E-state index in [1.165, 1.54) is 45.0 Å². The van der Waals surface area contributed by atoms with Gasteiger partial charge in [0.25, 0.3) is 0 Å². The molecule has 40 heavy (non-hydrogen) atoms. The van der Waals surface area contributed by atoms with Crippen LogP contribution in [0.3, 0.4) is 0 Å². The summed E-state index contributed by atoms with van der Waals surface area (Å²) in [5.74, 6) is 0. The van der Waals surface area contributed by atoms with E-state index >= 15 is 0 Å². The third-order valence-corrected chi connectivity index (χ3v) is 8.16. The molecule has 1 saturated heterocycles. The van der Waals surface area contributed by atoms with Crippen molar-refractivity contribution in [1.82, 2.24) is 0 Å². The Morgan fingerprint density at radius 3 is 0.575 bits per heavy atom. The van der Waals surface area contributed by atoms with Gasteiger partial charge in [-0.15, -0.1) is 0 Å². The summed E-state index contributed by atoms with van der Waals surface area (Å²) in [6, 6.07) is 36.2. The molecule has 5 rings (SSSR count). The van der Waals surface area contributed by atoms with Crippen molar-refractivity contribution in [3.8, 4) is 0 Å². The lowest BCUT2D eigenvalue weighted by Gasteiger charge is -2.37. The topological polar surface area (TPSA) is 13.0 Å². The molecule has 0 aliphatic carbocycles. The number of benzene rings is 4. The van der Waals surface area contributed by atoms with Gasteiger partial charge in [0, 0.05) is 75.1 Å². The van der Waals surface area contributed by atoms with E-state index in [2.05, 4.69) is 144 Å². The van der Waals surface area contributed by atoms with Crippen molar-refractivity contribution in [2.24, 2.45) is 0 Å². The van der Waals surface area contributed by atoms with Crippen LogP contribution in [-0.2, 0) is 0 Å². The molecule has 0 N–H and O–H groups in total. The summed E-state index contributed by atoms with van der Waals surface area (Å²) in [6.07, 6.45) is 0. The summed E-state index contributed by atoms with van der Waals surface area (Å²) in [6.45, 7) is 16.5. The predicted molar refractivity (Wildman–Crippen MR) is 174 cm³/mol. The van der Waals surface area contributed by atoms with Crippen LogP contribution in [0, 0.1) is 27.7 Å². The number of rotatable bonds is 4. The van der Waals surface area contributed by atoms with Gasteiger partial charge in [0.2, 0.25) is 0 Å². The second kappa shape index (κ2) is 13.0.